The number of carbonyl (C=O) groups is 1. The SMILES string of the molecule is COc1ccc(C(=O)Nc2ccc3nc(-c4ccccc4)n(C)c3n2)cc1. The third-order valence-electron chi connectivity index (χ3n) is 4.34. The minimum Gasteiger partial charge on any atom is -0.497 e. The van der Waals surface area contributed by atoms with E-state index in [2.05, 4.69) is 15.3 Å². The molecule has 1 N–H and O–H groups in total. The van der Waals surface area contributed by atoms with E-state index >= 15 is 0 Å². The number of methoxy groups -OCH3 is 1. The van der Waals surface area contributed by atoms with Crippen LogP contribution < -0.4 is 10.1 Å². The fraction of sp³-hybridized carbons (Fsp3) is 0.0952. The van der Waals surface area contributed by atoms with E-state index in [0.717, 1.165) is 16.9 Å². The van der Waals surface area contributed by atoms with Crippen LogP contribution in [-0.2, 0) is 7.05 Å². The van der Waals surface area contributed by atoms with Gasteiger partial charge in [0.05, 0.1) is 7.11 Å². The second kappa shape index (κ2) is 6.92. The Morgan fingerprint density at radius 3 is 2.41 bits per heavy atom. The fourth-order valence-corrected chi connectivity index (χ4v) is 2.91. The summed E-state index contributed by atoms with van der Waals surface area (Å²) in [7, 11) is 3.51. The first-order valence-electron chi connectivity index (χ1n) is 8.50. The number of carbonyl (C=O) groups excluding carboxylic acids is 1. The topological polar surface area (TPSA) is 69.0 Å². The van der Waals surface area contributed by atoms with Crippen molar-refractivity contribution in [2.45, 2.75) is 0 Å². The molecule has 0 saturated carbocycles. The Hall–Kier alpha value is -3.67. The number of hydrogen-bond donors (Lipinski definition) is 1. The summed E-state index contributed by atoms with van der Waals surface area (Å²) < 4.78 is 7.04. The lowest BCUT2D eigenvalue weighted by molar-refractivity contribution is 0.102. The summed E-state index contributed by atoms with van der Waals surface area (Å²) in [5, 5.41) is 2.83. The molecule has 0 fully saturated rings. The van der Waals surface area contributed by atoms with Crippen LogP contribution >= 0.6 is 0 Å². The van der Waals surface area contributed by atoms with Crippen molar-refractivity contribution in [2.75, 3.05) is 12.4 Å². The fourth-order valence-electron chi connectivity index (χ4n) is 2.91. The van der Waals surface area contributed by atoms with Gasteiger partial charge < -0.3 is 14.6 Å². The lowest BCUT2D eigenvalue weighted by atomic mass is 10.2. The molecule has 4 rings (SSSR count). The number of pyridine rings is 1. The summed E-state index contributed by atoms with van der Waals surface area (Å²) in [6, 6.07) is 20.5. The number of ether oxygens (including phenoxy) is 1. The zero-order valence-electron chi connectivity index (χ0n) is 15.0. The highest BCUT2D eigenvalue weighted by Crippen LogP contribution is 2.23. The number of nitrogens with zero attached hydrogens (tertiary/aromatic N) is 3. The van der Waals surface area contributed by atoms with E-state index < -0.39 is 0 Å². The van der Waals surface area contributed by atoms with Crippen molar-refractivity contribution in [3.8, 4) is 17.1 Å². The first-order valence-corrected chi connectivity index (χ1v) is 8.50. The molecule has 0 atom stereocenters. The lowest BCUT2D eigenvalue weighted by Crippen LogP contribution is -2.13. The van der Waals surface area contributed by atoms with Gasteiger partial charge in [-0.2, -0.15) is 0 Å². The molecule has 2 aromatic heterocycles. The van der Waals surface area contributed by atoms with E-state index in [4.69, 9.17) is 4.74 Å². The number of fused-ring (bicyclic) bond motifs is 1. The molecule has 0 radical (unpaired) electrons. The van der Waals surface area contributed by atoms with Crippen molar-refractivity contribution in [1.29, 1.82) is 0 Å². The predicted octanol–water partition coefficient (Wildman–Crippen LogP) is 3.90. The molecule has 2 heterocycles. The molecule has 0 aliphatic heterocycles. The van der Waals surface area contributed by atoms with Crippen LogP contribution in [0.1, 0.15) is 10.4 Å². The van der Waals surface area contributed by atoms with Crippen LogP contribution in [0.25, 0.3) is 22.6 Å². The first-order chi connectivity index (χ1) is 13.2. The Kier molecular flexibility index (Phi) is 4.30. The third-order valence-corrected chi connectivity index (χ3v) is 4.34. The van der Waals surface area contributed by atoms with Gasteiger partial charge >= 0.3 is 0 Å². The summed E-state index contributed by atoms with van der Waals surface area (Å²) in [6.45, 7) is 0. The van der Waals surface area contributed by atoms with Gasteiger partial charge in [0.15, 0.2) is 5.65 Å². The monoisotopic (exact) mass is 358 g/mol. The van der Waals surface area contributed by atoms with E-state index in [1.54, 1.807) is 37.4 Å². The lowest BCUT2D eigenvalue weighted by Gasteiger charge is -2.06. The van der Waals surface area contributed by atoms with Crippen molar-refractivity contribution in [1.82, 2.24) is 14.5 Å². The molecule has 0 unspecified atom stereocenters. The quantitative estimate of drug-likeness (QED) is 0.601. The molecule has 0 bridgehead atoms. The summed E-state index contributed by atoms with van der Waals surface area (Å²) in [5.41, 5.74) is 3.04. The van der Waals surface area contributed by atoms with Gasteiger partial charge in [0, 0.05) is 18.2 Å². The first kappa shape index (κ1) is 16.8. The maximum atomic E-state index is 12.4. The van der Waals surface area contributed by atoms with Gasteiger partial charge in [-0.25, -0.2) is 9.97 Å². The van der Waals surface area contributed by atoms with Gasteiger partial charge in [-0.1, -0.05) is 30.3 Å². The molecule has 0 spiro atoms. The number of imidazole rings is 1. The summed E-state index contributed by atoms with van der Waals surface area (Å²) in [5.74, 6) is 1.78. The van der Waals surface area contributed by atoms with Crippen LogP contribution in [-0.4, -0.2) is 27.6 Å². The molecular formula is C21H18N4O2. The normalized spacial score (nSPS) is 10.7. The van der Waals surface area contributed by atoms with Crippen molar-refractivity contribution >= 4 is 22.9 Å². The van der Waals surface area contributed by atoms with Crippen molar-refractivity contribution < 1.29 is 9.53 Å². The molecule has 6 nitrogen and oxygen atoms in total. The standard InChI is InChI=1S/C21H18N4O2/c1-25-19(14-6-4-3-5-7-14)22-17-12-13-18(23-20(17)25)24-21(26)15-8-10-16(27-2)11-9-15/h3-13H,1-2H3,(H,23,24,26). The highest BCUT2D eigenvalue weighted by Gasteiger charge is 2.13. The Balaban J connectivity index is 1.63. The summed E-state index contributed by atoms with van der Waals surface area (Å²) >= 11 is 0. The number of nitrogens with one attached hydrogen (secondary N) is 1. The highest BCUT2D eigenvalue weighted by molar-refractivity contribution is 6.04. The molecule has 6 heteroatoms. The van der Waals surface area contributed by atoms with Gasteiger partial charge in [-0.05, 0) is 36.4 Å². The van der Waals surface area contributed by atoms with Crippen LogP contribution in [0.5, 0.6) is 5.75 Å². The largest absolute Gasteiger partial charge is 0.497 e. The number of aromatic nitrogens is 3. The minimum absolute atomic E-state index is 0.227. The van der Waals surface area contributed by atoms with Crippen LogP contribution in [0, 0.1) is 0 Å². The number of benzene rings is 2. The minimum atomic E-state index is -0.227. The zero-order chi connectivity index (χ0) is 18.8. The summed E-state index contributed by atoms with van der Waals surface area (Å²) in [6.07, 6.45) is 0. The summed E-state index contributed by atoms with van der Waals surface area (Å²) in [4.78, 5) is 21.7. The third kappa shape index (κ3) is 3.25. The zero-order valence-corrected chi connectivity index (χ0v) is 15.0. The van der Waals surface area contributed by atoms with E-state index in [1.165, 1.54) is 0 Å². The molecule has 2 aromatic carbocycles. The smallest absolute Gasteiger partial charge is 0.256 e. The van der Waals surface area contributed by atoms with Gasteiger partial charge in [-0.15, -0.1) is 0 Å². The van der Waals surface area contributed by atoms with Gasteiger partial charge in [0.2, 0.25) is 0 Å². The van der Waals surface area contributed by atoms with E-state index in [-0.39, 0.29) is 5.91 Å². The van der Waals surface area contributed by atoms with E-state index in [1.807, 2.05) is 48.0 Å². The predicted molar refractivity (Wildman–Crippen MR) is 105 cm³/mol. The van der Waals surface area contributed by atoms with Crippen LogP contribution in [0.15, 0.2) is 66.7 Å². The maximum absolute atomic E-state index is 12.4. The number of hydrogen-bond acceptors (Lipinski definition) is 4. The van der Waals surface area contributed by atoms with E-state index in [9.17, 15) is 4.79 Å². The van der Waals surface area contributed by atoms with E-state index in [0.29, 0.717) is 22.8 Å². The van der Waals surface area contributed by atoms with Crippen LogP contribution in [0.3, 0.4) is 0 Å². The van der Waals surface area contributed by atoms with Gasteiger partial charge in [0.1, 0.15) is 22.9 Å². The van der Waals surface area contributed by atoms with Crippen molar-refractivity contribution in [3.63, 3.8) is 0 Å². The molecule has 1 amide bonds. The molecule has 27 heavy (non-hydrogen) atoms. The Morgan fingerprint density at radius 1 is 0.963 bits per heavy atom. The molecular weight excluding hydrogens is 340 g/mol. The van der Waals surface area contributed by atoms with Crippen molar-refractivity contribution in [2.24, 2.45) is 7.05 Å². The molecule has 0 saturated heterocycles. The van der Waals surface area contributed by atoms with Crippen LogP contribution in [0.2, 0.25) is 0 Å². The molecule has 134 valence electrons. The second-order valence-electron chi connectivity index (χ2n) is 6.08. The number of rotatable bonds is 4. The second-order valence-corrected chi connectivity index (χ2v) is 6.08. The average molecular weight is 358 g/mol. The average Bonchev–Trinajstić information content (AvgIpc) is 3.05. The number of aryl methyl sites for hydroxylation is 1. The maximum Gasteiger partial charge on any atom is 0.256 e. The Bertz CT molecular complexity index is 1100. The van der Waals surface area contributed by atoms with Crippen LogP contribution in [0.4, 0.5) is 5.82 Å². The highest BCUT2D eigenvalue weighted by atomic mass is 16.5. The molecule has 0 aliphatic rings. The van der Waals surface area contributed by atoms with Crippen molar-refractivity contribution in [3.05, 3.63) is 72.3 Å². The Labute approximate surface area is 156 Å². The molecule has 4 aromatic rings. The molecule has 0 aliphatic carbocycles. The number of anilines is 1. The number of amides is 1. The Morgan fingerprint density at radius 2 is 1.70 bits per heavy atom. The van der Waals surface area contributed by atoms with Gasteiger partial charge in [-0.3, -0.25) is 4.79 Å². The van der Waals surface area contributed by atoms with Gasteiger partial charge in [0.25, 0.3) is 5.91 Å².